The largest absolute Gasteiger partial charge is 0.372 e. The number of anilines is 2. The van der Waals surface area contributed by atoms with Crippen LogP contribution in [-0.4, -0.2) is 42.4 Å². The second-order valence-electron chi connectivity index (χ2n) is 8.07. The number of benzene rings is 2. The number of nitrogens with zero attached hydrogens (tertiary/aromatic N) is 2. The van der Waals surface area contributed by atoms with Crippen LogP contribution in [0.2, 0.25) is 5.02 Å². The summed E-state index contributed by atoms with van der Waals surface area (Å²) in [6, 6.07) is 13.8. The first-order chi connectivity index (χ1) is 14.9. The van der Waals surface area contributed by atoms with Crippen molar-refractivity contribution in [1.29, 1.82) is 0 Å². The van der Waals surface area contributed by atoms with Crippen LogP contribution in [0, 0.1) is 0 Å². The van der Waals surface area contributed by atoms with Crippen molar-refractivity contribution in [2.24, 2.45) is 0 Å². The number of urea groups is 1. The van der Waals surface area contributed by atoms with E-state index in [0.29, 0.717) is 16.3 Å². The summed E-state index contributed by atoms with van der Waals surface area (Å²) < 4.78 is 0. The molecule has 0 bridgehead atoms. The van der Waals surface area contributed by atoms with Gasteiger partial charge in [-0.3, -0.25) is 14.5 Å². The summed E-state index contributed by atoms with van der Waals surface area (Å²) in [5.74, 6) is -0.959. The fourth-order valence-corrected chi connectivity index (χ4v) is 4.47. The molecule has 2 saturated heterocycles. The van der Waals surface area contributed by atoms with Gasteiger partial charge in [-0.2, -0.15) is 0 Å². The number of carbonyl (C=O) groups excluding carboxylic acids is 3. The van der Waals surface area contributed by atoms with Gasteiger partial charge in [-0.15, -0.1) is 0 Å². The van der Waals surface area contributed by atoms with Crippen molar-refractivity contribution < 1.29 is 14.4 Å². The maximum absolute atomic E-state index is 13.0. The minimum Gasteiger partial charge on any atom is -0.372 e. The zero-order chi connectivity index (χ0) is 22.0. The standard InChI is InChI=1S/C23H25ClN4O3/c1-23(18-7-3-4-8-19(18)24)21(30)28(22(31)26-23)15-20(29)25-16-9-11-17(12-10-16)27-13-5-2-6-14-27/h3-4,7-12H,2,5-6,13-15H2,1H3,(H,25,29)(H,26,31)/t23-/m0/s1. The minimum absolute atomic E-state index is 0.374. The normalized spacial score (nSPS) is 21.2. The van der Waals surface area contributed by atoms with Crippen LogP contribution in [0.1, 0.15) is 31.7 Å². The zero-order valence-corrected chi connectivity index (χ0v) is 18.1. The van der Waals surface area contributed by atoms with E-state index >= 15 is 0 Å². The van der Waals surface area contributed by atoms with Gasteiger partial charge in [-0.1, -0.05) is 29.8 Å². The third-order valence-corrected chi connectivity index (χ3v) is 6.19. The summed E-state index contributed by atoms with van der Waals surface area (Å²) in [6.07, 6.45) is 3.65. The lowest BCUT2D eigenvalue weighted by Crippen LogP contribution is -2.42. The number of nitrogens with one attached hydrogen (secondary N) is 2. The second kappa shape index (κ2) is 8.59. The van der Waals surface area contributed by atoms with E-state index in [9.17, 15) is 14.4 Å². The van der Waals surface area contributed by atoms with Crippen LogP contribution in [-0.2, 0) is 15.1 Å². The quantitative estimate of drug-likeness (QED) is 0.694. The van der Waals surface area contributed by atoms with E-state index in [-0.39, 0.29) is 6.54 Å². The van der Waals surface area contributed by atoms with Crippen molar-refractivity contribution in [3.05, 3.63) is 59.1 Å². The van der Waals surface area contributed by atoms with E-state index in [1.807, 2.05) is 24.3 Å². The van der Waals surface area contributed by atoms with Crippen molar-refractivity contribution >= 4 is 40.8 Å². The van der Waals surface area contributed by atoms with Crippen molar-refractivity contribution in [3.8, 4) is 0 Å². The number of hydrogen-bond donors (Lipinski definition) is 2. The number of carbonyl (C=O) groups is 3. The van der Waals surface area contributed by atoms with Gasteiger partial charge < -0.3 is 15.5 Å². The molecular formula is C23H25ClN4O3. The SMILES string of the molecule is C[C@@]1(c2ccccc2Cl)NC(=O)N(CC(=O)Nc2ccc(N3CCCCC3)cc2)C1=O. The summed E-state index contributed by atoms with van der Waals surface area (Å²) in [4.78, 5) is 41.2. The van der Waals surface area contributed by atoms with Gasteiger partial charge in [0, 0.05) is 35.1 Å². The third-order valence-electron chi connectivity index (χ3n) is 5.86. The van der Waals surface area contributed by atoms with Crippen molar-refractivity contribution in [3.63, 3.8) is 0 Å². The van der Waals surface area contributed by atoms with Crippen LogP contribution >= 0.6 is 11.6 Å². The third kappa shape index (κ3) is 4.23. The molecule has 1 atom stereocenters. The highest BCUT2D eigenvalue weighted by Gasteiger charge is 2.50. The van der Waals surface area contributed by atoms with Gasteiger partial charge in [0.2, 0.25) is 5.91 Å². The molecule has 2 aliphatic rings. The van der Waals surface area contributed by atoms with E-state index in [4.69, 9.17) is 11.6 Å². The highest BCUT2D eigenvalue weighted by molar-refractivity contribution is 6.32. The molecule has 2 aromatic rings. The molecule has 0 radical (unpaired) electrons. The average molecular weight is 441 g/mol. The predicted octanol–water partition coefficient (Wildman–Crippen LogP) is 3.74. The summed E-state index contributed by atoms with van der Waals surface area (Å²) in [5, 5.41) is 5.80. The van der Waals surface area contributed by atoms with E-state index in [1.54, 1.807) is 31.2 Å². The number of imide groups is 1. The lowest BCUT2D eigenvalue weighted by molar-refractivity contribution is -0.133. The van der Waals surface area contributed by atoms with Gasteiger partial charge in [0.15, 0.2) is 0 Å². The number of amides is 4. The highest BCUT2D eigenvalue weighted by Crippen LogP contribution is 2.33. The van der Waals surface area contributed by atoms with Gasteiger partial charge >= 0.3 is 6.03 Å². The van der Waals surface area contributed by atoms with E-state index < -0.39 is 23.4 Å². The Bertz CT molecular complexity index is 1000. The summed E-state index contributed by atoms with van der Waals surface area (Å²) in [7, 11) is 0. The fourth-order valence-electron chi connectivity index (χ4n) is 4.14. The Kier molecular flexibility index (Phi) is 5.87. The topological polar surface area (TPSA) is 81.8 Å². The molecule has 0 saturated carbocycles. The first-order valence-corrected chi connectivity index (χ1v) is 10.8. The molecule has 0 unspecified atom stereocenters. The molecule has 4 amide bonds. The Balaban J connectivity index is 1.41. The Morgan fingerprint density at radius 1 is 1.06 bits per heavy atom. The molecule has 31 heavy (non-hydrogen) atoms. The van der Waals surface area contributed by atoms with Gasteiger partial charge in [-0.25, -0.2) is 4.79 Å². The molecule has 4 rings (SSSR count). The molecule has 2 heterocycles. The monoisotopic (exact) mass is 440 g/mol. The smallest absolute Gasteiger partial charge is 0.325 e. The summed E-state index contributed by atoms with van der Waals surface area (Å²) in [5.41, 5.74) is 0.923. The lowest BCUT2D eigenvalue weighted by atomic mass is 9.92. The fraction of sp³-hybridized carbons (Fsp3) is 0.348. The number of rotatable bonds is 5. The molecule has 162 valence electrons. The van der Waals surface area contributed by atoms with Crippen molar-refractivity contribution in [2.45, 2.75) is 31.7 Å². The molecule has 2 aromatic carbocycles. The molecule has 2 N–H and O–H groups in total. The molecule has 2 aliphatic heterocycles. The first-order valence-electron chi connectivity index (χ1n) is 10.4. The van der Waals surface area contributed by atoms with Gasteiger partial charge in [-0.05, 0) is 56.5 Å². The van der Waals surface area contributed by atoms with E-state index in [2.05, 4.69) is 15.5 Å². The van der Waals surface area contributed by atoms with Crippen LogP contribution in [0.5, 0.6) is 0 Å². The average Bonchev–Trinajstić information content (AvgIpc) is 2.99. The van der Waals surface area contributed by atoms with Gasteiger partial charge in [0.1, 0.15) is 12.1 Å². The number of halogens is 1. The number of hydrogen-bond acceptors (Lipinski definition) is 4. The molecule has 0 spiro atoms. The van der Waals surface area contributed by atoms with Crippen LogP contribution in [0.4, 0.5) is 16.2 Å². The summed E-state index contributed by atoms with van der Waals surface area (Å²) >= 11 is 6.23. The van der Waals surface area contributed by atoms with E-state index in [1.165, 1.54) is 19.3 Å². The van der Waals surface area contributed by atoms with E-state index in [0.717, 1.165) is 23.7 Å². The van der Waals surface area contributed by atoms with Crippen molar-refractivity contribution in [1.82, 2.24) is 10.2 Å². The Labute approximate surface area is 186 Å². The first kappa shape index (κ1) is 21.2. The highest BCUT2D eigenvalue weighted by atomic mass is 35.5. The second-order valence-corrected chi connectivity index (χ2v) is 8.48. The minimum atomic E-state index is -1.31. The maximum atomic E-state index is 13.0. The molecule has 2 fully saturated rings. The zero-order valence-electron chi connectivity index (χ0n) is 17.4. The Morgan fingerprint density at radius 2 is 1.74 bits per heavy atom. The van der Waals surface area contributed by atoms with Crippen LogP contribution in [0.15, 0.2) is 48.5 Å². The Hall–Kier alpha value is -3.06. The predicted molar refractivity (Wildman–Crippen MR) is 120 cm³/mol. The van der Waals surface area contributed by atoms with Crippen LogP contribution in [0.25, 0.3) is 0 Å². The molecule has 7 nitrogen and oxygen atoms in total. The van der Waals surface area contributed by atoms with Crippen molar-refractivity contribution in [2.75, 3.05) is 29.9 Å². The molecular weight excluding hydrogens is 416 g/mol. The molecule has 8 heteroatoms. The Morgan fingerprint density at radius 3 is 2.42 bits per heavy atom. The number of piperidine rings is 1. The molecule has 0 aromatic heterocycles. The summed E-state index contributed by atoms with van der Waals surface area (Å²) in [6.45, 7) is 3.30. The maximum Gasteiger partial charge on any atom is 0.325 e. The lowest BCUT2D eigenvalue weighted by Gasteiger charge is -2.28. The van der Waals surface area contributed by atoms with Gasteiger partial charge in [0.25, 0.3) is 5.91 Å². The van der Waals surface area contributed by atoms with Crippen LogP contribution < -0.4 is 15.5 Å². The van der Waals surface area contributed by atoms with Crippen LogP contribution in [0.3, 0.4) is 0 Å². The van der Waals surface area contributed by atoms with Gasteiger partial charge in [0.05, 0.1) is 0 Å². The molecule has 0 aliphatic carbocycles.